The molecule has 1 heterocycles. The van der Waals surface area contributed by atoms with Crippen LogP contribution >= 0.6 is 0 Å². The number of esters is 1. The van der Waals surface area contributed by atoms with Crippen LogP contribution < -0.4 is 12.4 Å². The van der Waals surface area contributed by atoms with E-state index in [4.69, 9.17) is 9.15 Å². The van der Waals surface area contributed by atoms with Gasteiger partial charge in [-0.05, 0) is 40.4 Å². The molecule has 1 unspecified atom stereocenters. The number of fused-ring (bicyclic) bond motifs is 1. The summed E-state index contributed by atoms with van der Waals surface area (Å²) in [5, 5.41) is 0.959. The molecule has 116 valence electrons. The zero-order valence-electron chi connectivity index (χ0n) is 12.9. The Morgan fingerprint density at radius 1 is 1.33 bits per heavy atom. The van der Waals surface area contributed by atoms with Crippen LogP contribution in [0.3, 0.4) is 0 Å². The van der Waals surface area contributed by atoms with Crippen molar-refractivity contribution in [1.82, 2.24) is 4.90 Å². The third kappa shape index (κ3) is 4.22. The van der Waals surface area contributed by atoms with Crippen molar-refractivity contribution in [3.63, 3.8) is 0 Å². The maximum atomic E-state index is 12.2. The number of benzene rings is 1. The van der Waals surface area contributed by atoms with Crippen LogP contribution in [0.4, 0.5) is 0 Å². The molecule has 0 spiro atoms. The van der Waals surface area contributed by atoms with E-state index in [1.165, 1.54) is 0 Å². The van der Waals surface area contributed by atoms with Crippen molar-refractivity contribution in [2.45, 2.75) is 26.4 Å². The monoisotopic (exact) mass is 310 g/mol. The highest BCUT2D eigenvalue weighted by atomic mass is 35.5. The van der Waals surface area contributed by atoms with Gasteiger partial charge in [0.1, 0.15) is 11.7 Å². The Hall–Kier alpha value is -1.52. The number of hydrogen-bond acceptors (Lipinski definition) is 4. The molecule has 0 bridgehead atoms. The van der Waals surface area contributed by atoms with Gasteiger partial charge in [0.2, 0.25) is 5.76 Å². The molecule has 4 nitrogen and oxygen atoms in total. The van der Waals surface area contributed by atoms with Gasteiger partial charge in [0.25, 0.3) is 0 Å². The van der Waals surface area contributed by atoms with E-state index in [1.807, 2.05) is 52.2 Å². The van der Waals surface area contributed by atoms with Crippen molar-refractivity contribution in [3.8, 4) is 0 Å². The number of ether oxygens (including phenoxy) is 1. The lowest BCUT2D eigenvalue weighted by Gasteiger charge is -2.15. The second-order valence-corrected chi connectivity index (χ2v) is 5.36. The van der Waals surface area contributed by atoms with Gasteiger partial charge in [-0.1, -0.05) is 18.2 Å². The van der Waals surface area contributed by atoms with E-state index >= 15 is 0 Å². The SMILES string of the molecule is Cc1c(C(=O)OC(C)CCN(C)C)oc2ccccc12.[Cl-]. The lowest BCUT2D eigenvalue weighted by atomic mass is 10.1. The van der Waals surface area contributed by atoms with Gasteiger partial charge in [-0.15, -0.1) is 0 Å². The van der Waals surface area contributed by atoms with Crippen LogP contribution in [0.25, 0.3) is 11.0 Å². The number of nitrogens with zero attached hydrogens (tertiary/aromatic N) is 1. The summed E-state index contributed by atoms with van der Waals surface area (Å²) in [5.41, 5.74) is 1.56. The first-order valence-electron chi connectivity index (χ1n) is 6.83. The largest absolute Gasteiger partial charge is 1.00 e. The molecule has 0 aliphatic carbocycles. The van der Waals surface area contributed by atoms with E-state index in [1.54, 1.807) is 0 Å². The standard InChI is InChI=1S/C16H21NO3.ClH/c1-11(9-10-17(3)4)19-16(18)15-12(2)13-7-5-6-8-14(13)20-15;/h5-8,11H,9-10H2,1-4H3;1H/p-1. The minimum Gasteiger partial charge on any atom is -1.00 e. The van der Waals surface area contributed by atoms with E-state index in [2.05, 4.69) is 4.90 Å². The highest BCUT2D eigenvalue weighted by Crippen LogP contribution is 2.25. The average molecular weight is 311 g/mol. The zero-order chi connectivity index (χ0) is 14.7. The Morgan fingerprint density at radius 2 is 2.00 bits per heavy atom. The van der Waals surface area contributed by atoms with E-state index in [0.717, 1.165) is 29.5 Å². The van der Waals surface area contributed by atoms with Crippen LogP contribution in [0.5, 0.6) is 0 Å². The summed E-state index contributed by atoms with van der Waals surface area (Å²) in [6, 6.07) is 7.62. The number of carbonyl (C=O) groups is 1. The van der Waals surface area contributed by atoms with Gasteiger partial charge < -0.3 is 26.5 Å². The van der Waals surface area contributed by atoms with Crippen LogP contribution in [0.2, 0.25) is 0 Å². The highest BCUT2D eigenvalue weighted by Gasteiger charge is 2.20. The molecule has 1 aromatic heterocycles. The van der Waals surface area contributed by atoms with Crippen LogP contribution in [0.15, 0.2) is 28.7 Å². The molecule has 5 heteroatoms. The molecule has 0 saturated heterocycles. The smallest absolute Gasteiger partial charge is 0.374 e. The molecule has 0 amide bonds. The van der Waals surface area contributed by atoms with E-state index in [0.29, 0.717) is 5.76 Å². The Labute approximate surface area is 131 Å². The molecule has 0 aliphatic heterocycles. The van der Waals surface area contributed by atoms with Gasteiger partial charge in [0, 0.05) is 17.5 Å². The second-order valence-electron chi connectivity index (χ2n) is 5.36. The van der Waals surface area contributed by atoms with Crippen LogP contribution in [-0.4, -0.2) is 37.6 Å². The summed E-state index contributed by atoms with van der Waals surface area (Å²) in [4.78, 5) is 14.2. The molecule has 2 aromatic rings. The minimum absolute atomic E-state index is 0. The first-order valence-corrected chi connectivity index (χ1v) is 6.83. The normalized spacial score (nSPS) is 12.2. The number of hydrogen-bond donors (Lipinski definition) is 0. The first-order chi connectivity index (χ1) is 9.49. The molecule has 1 aromatic carbocycles. The number of furan rings is 1. The average Bonchev–Trinajstić information content (AvgIpc) is 2.74. The van der Waals surface area contributed by atoms with Gasteiger partial charge >= 0.3 is 5.97 Å². The molecule has 2 rings (SSSR count). The maximum absolute atomic E-state index is 12.2. The Balaban J connectivity index is 0.00000220. The summed E-state index contributed by atoms with van der Waals surface area (Å²) in [5.74, 6) is -0.0761. The van der Waals surface area contributed by atoms with Crippen LogP contribution in [0.1, 0.15) is 29.5 Å². The van der Waals surface area contributed by atoms with Gasteiger partial charge in [-0.25, -0.2) is 4.79 Å². The number of carbonyl (C=O) groups excluding carboxylic acids is 1. The number of para-hydroxylation sites is 1. The molecule has 0 N–H and O–H groups in total. The maximum Gasteiger partial charge on any atom is 0.374 e. The van der Waals surface area contributed by atoms with Gasteiger partial charge in [0.15, 0.2) is 0 Å². The number of rotatable bonds is 5. The van der Waals surface area contributed by atoms with Crippen molar-refractivity contribution in [1.29, 1.82) is 0 Å². The first kappa shape index (κ1) is 17.5. The molecule has 0 fully saturated rings. The van der Waals surface area contributed by atoms with E-state index < -0.39 is 0 Å². The van der Waals surface area contributed by atoms with Crippen molar-refractivity contribution < 1.29 is 26.4 Å². The third-order valence-electron chi connectivity index (χ3n) is 3.32. The number of halogens is 1. The second kappa shape index (κ2) is 7.48. The number of aryl methyl sites for hydroxylation is 1. The summed E-state index contributed by atoms with van der Waals surface area (Å²) in [6.45, 7) is 4.67. The fourth-order valence-electron chi connectivity index (χ4n) is 2.10. The molecule has 1 atom stereocenters. The summed E-state index contributed by atoms with van der Waals surface area (Å²) in [7, 11) is 4.00. The molecular weight excluding hydrogens is 290 g/mol. The van der Waals surface area contributed by atoms with Gasteiger partial charge in [-0.2, -0.15) is 0 Å². The van der Waals surface area contributed by atoms with Crippen LogP contribution in [0, 0.1) is 6.92 Å². The Morgan fingerprint density at radius 3 is 2.62 bits per heavy atom. The Bertz CT molecular complexity index is 607. The lowest BCUT2D eigenvalue weighted by molar-refractivity contribution is -0.0000376. The lowest BCUT2D eigenvalue weighted by Crippen LogP contribution is -3.00. The van der Waals surface area contributed by atoms with Crippen molar-refractivity contribution in [2.75, 3.05) is 20.6 Å². The molecule has 21 heavy (non-hydrogen) atoms. The van der Waals surface area contributed by atoms with Crippen LogP contribution in [-0.2, 0) is 4.74 Å². The van der Waals surface area contributed by atoms with Crippen molar-refractivity contribution in [2.24, 2.45) is 0 Å². The van der Waals surface area contributed by atoms with E-state index in [9.17, 15) is 4.79 Å². The topological polar surface area (TPSA) is 42.7 Å². The predicted molar refractivity (Wildman–Crippen MR) is 79.0 cm³/mol. The summed E-state index contributed by atoms with van der Waals surface area (Å²) < 4.78 is 11.0. The molecular formula is C16H21ClNO3-. The minimum atomic E-state index is -0.384. The molecule has 0 saturated carbocycles. The molecule has 0 aliphatic rings. The van der Waals surface area contributed by atoms with E-state index in [-0.39, 0.29) is 24.5 Å². The fourth-order valence-corrected chi connectivity index (χ4v) is 2.10. The van der Waals surface area contributed by atoms with Crippen molar-refractivity contribution in [3.05, 3.63) is 35.6 Å². The van der Waals surface area contributed by atoms with Crippen molar-refractivity contribution >= 4 is 16.9 Å². The van der Waals surface area contributed by atoms with Gasteiger partial charge in [0.05, 0.1) is 0 Å². The zero-order valence-corrected chi connectivity index (χ0v) is 13.6. The fraction of sp³-hybridized carbons (Fsp3) is 0.438. The predicted octanol–water partition coefficient (Wildman–Crippen LogP) is 0.242. The van der Waals surface area contributed by atoms with Gasteiger partial charge in [-0.3, -0.25) is 0 Å². The molecule has 0 radical (unpaired) electrons. The summed E-state index contributed by atoms with van der Waals surface area (Å²) >= 11 is 0. The summed E-state index contributed by atoms with van der Waals surface area (Å²) in [6.07, 6.45) is 0.676. The third-order valence-corrected chi connectivity index (χ3v) is 3.32. The quantitative estimate of drug-likeness (QED) is 0.742. The Kier molecular flexibility index (Phi) is 6.24. The highest BCUT2D eigenvalue weighted by molar-refractivity contribution is 5.95.